The van der Waals surface area contributed by atoms with Gasteiger partial charge in [-0.2, -0.15) is 0 Å². The third kappa shape index (κ3) is 6.68. The number of carboxylic acids is 2. The van der Waals surface area contributed by atoms with Crippen molar-refractivity contribution < 1.29 is 24.6 Å². The second-order valence-electron chi connectivity index (χ2n) is 7.14. The highest BCUT2D eigenvalue weighted by molar-refractivity contribution is 6.40. The maximum Gasteiger partial charge on any atom is 0.326 e. The Morgan fingerprint density at radius 2 is 1.39 bits per heavy atom. The first-order valence-electron chi connectivity index (χ1n) is 9.72. The topological polar surface area (TPSA) is 129 Å². The minimum absolute atomic E-state index is 0.106. The molecule has 1 heterocycles. The summed E-state index contributed by atoms with van der Waals surface area (Å²) < 4.78 is 0. The van der Waals surface area contributed by atoms with Crippen molar-refractivity contribution >= 4 is 52.4 Å². The number of carbonyl (C=O) groups is 3. The highest BCUT2D eigenvalue weighted by Gasteiger charge is 2.19. The highest BCUT2D eigenvalue weighted by Crippen LogP contribution is 2.24. The number of nitrogens with one attached hydrogen (secondary N) is 2. The Morgan fingerprint density at radius 3 is 1.94 bits per heavy atom. The first-order chi connectivity index (χ1) is 15.7. The monoisotopic (exact) mass is 487 g/mol. The van der Waals surface area contributed by atoms with E-state index in [9.17, 15) is 19.5 Å². The van der Waals surface area contributed by atoms with Gasteiger partial charge in [0, 0.05) is 30.2 Å². The van der Waals surface area contributed by atoms with Crippen LogP contribution in [0.1, 0.15) is 21.5 Å². The summed E-state index contributed by atoms with van der Waals surface area (Å²) in [5.41, 5.74) is 2.51. The summed E-state index contributed by atoms with van der Waals surface area (Å²) in [7, 11) is 0. The number of anilines is 2. The van der Waals surface area contributed by atoms with Crippen LogP contribution in [0.5, 0.6) is 0 Å². The molecule has 8 nitrogen and oxygen atoms in total. The summed E-state index contributed by atoms with van der Waals surface area (Å²) in [6.07, 6.45) is 2.72. The van der Waals surface area contributed by atoms with E-state index < -0.39 is 23.9 Å². The smallest absolute Gasteiger partial charge is 0.326 e. The molecule has 0 spiro atoms. The van der Waals surface area contributed by atoms with E-state index >= 15 is 0 Å². The molecule has 1 atom stereocenters. The van der Waals surface area contributed by atoms with Gasteiger partial charge in [0.05, 0.1) is 22.0 Å². The number of aromatic nitrogens is 1. The number of halogens is 2. The summed E-state index contributed by atoms with van der Waals surface area (Å²) in [5, 5.41) is 24.3. The number of hydrogen-bond acceptors (Lipinski definition) is 5. The average molecular weight is 488 g/mol. The molecule has 2 aromatic carbocycles. The summed E-state index contributed by atoms with van der Waals surface area (Å²) in [6.45, 7) is 0. The molecule has 1 unspecified atom stereocenters. The van der Waals surface area contributed by atoms with Gasteiger partial charge in [0.15, 0.2) is 0 Å². The molecule has 0 radical (unpaired) electrons. The minimum atomic E-state index is -1.04. The standard InChI is InChI=1S/C23H19Cl2N3O5/c24-17-11-26-12-18(25)21(17)22(31)28-16-7-1-13(2-8-16)9-19(23(32)33)27-15-5-3-14(4-6-15)10-20(29)30/h1-8,11-12,19,27H,9-10H2,(H,28,31)(H,29,30)(H,32,33). The maximum atomic E-state index is 12.5. The third-order valence-electron chi connectivity index (χ3n) is 4.68. The van der Waals surface area contributed by atoms with Crippen LogP contribution in [0, 0.1) is 0 Å². The first kappa shape index (κ1) is 24.0. The number of pyridine rings is 1. The lowest BCUT2D eigenvalue weighted by Crippen LogP contribution is -2.31. The zero-order valence-electron chi connectivity index (χ0n) is 17.1. The van der Waals surface area contributed by atoms with Crippen molar-refractivity contribution in [1.82, 2.24) is 4.98 Å². The van der Waals surface area contributed by atoms with Crippen molar-refractivity contribution in [2.45, 2.75) is 18.9 Å². The molecule has 0 aliphatic heterocycles. The molecular formula is C23H19Cl2N3O5. The van der Waals surface area contributed by atoms with Gasteiger partial charge in [-0.05, 0) is 35.4 Å². The molecule has 0 aliphatic rings. The highest BCUT2D eigenvalue weighted by atomic mass is 35.5. The van der Waals surface area contributed by atoms with E-state index in [1.54, 1.807) is 48.5 Å². The number of hydrogen-bond donors (Lipinski definition) is 4. The Morgan fingerprint density at radius 1 is 0.848 bits per heavy atom. The Bertz CT molecular complexity index is 1150. The molecule has 0 saturated heterocycles. The van der Waals surface area contributed by atoms with Gasteiger partial charge in [0.25, 0.3) is 5.91 Å². The van der Waals surface area contributed by atoms with Gasteiger partial charge in [-0.25, -0.2) is 4.79 Å². The normalized spacial score (nSPS) is 11.5. The van der Waals surface area contributed by atoms with E-state index in [1.165, 1.54) is 12.4 Å². The van der Waals surface area contributed by atoms with Gasteiger partial charge in [0.1, 0.15) is 6.04 Å². The Kier molecular flexibility index (Phi) is 7.87. The third-order valence-corrected chi connectivity index (χ3v) is 5.25. The molecule has 4 N–H and O–H groups in total. The van der Waals surface area contributed by atoms with Crippen molar-refractivity contribution in [3.05, 3.63) is 87.7 Å². The summed E-state index contributed by atoms with van der Waals surface area (Å²) in [4.78, 5) is 38.8. The molecule has 170 valence electrons. The first-order valence-corrected chi connectivity index (χ1v) is 10.5. The molecule has 0 aliphatic carbocycles. The lowest BCUT2D eigenvalue weighted by molar-refractivity contribution is -0.138. The van der Waals surface area contributed by atoms with E-state index in [4.69, 9.17) is 28.3 Å². The van der Waals surface area contributed by atoms with Crippen LogP contribution in [0.25, 0.3) is 0 Å². The molecule has 0 saturated carbocycles. The molecule has 33 heavy (non-hydrogen) atoms. The van der Waals surface area contributed by atoms with Gasteiger partial charge >= 0.3 is 11.9 Å². The van der Waals surface area contributed by atoms with Gasteiger partial charge in [-0.15, -0.1) is 0 Å². The Labute approximate surface area is 199 Å². The number of aliphatic carboxylic acids is 2. The van der Waals surface area contributed by atoms with Crippen LogP contribution in [-0.4, -0.2) is 39.1 Å². The molecule has 3 aromatic rings. The second kappa shape index (κ2) is 10.8. The second-order valence-corrected chi connectivity index (χ2v) is 7.95. The molecule has 10 heteroatoms. The fourth-order valence-electron chi connectivity index (χ4n) is 3.08. The minimum Gasteiger partial charge on any atom is -0.481 e. The lowest BCUT2D eigenvalue weighted by Gasteiger charge is -2.16. The SMILES string of the molecule is O=C(O)Cc1ccc(NC(Cc2ccc(NC(=O)c3c(Cl)cncc3Cl)cc2)C(=O)O)cc1. The van der Waals surface area contributed by atoms with Crippen LogP contribution in [0.3, 0.4) is 0 Å². The largest absolute Gasteiger partial charge is 0.481 e. The predicted molar refractivity (Wildman–Crippen MR) is 125 cm³/mol. The average Bonchev–Trinajstić information content (AvgIpc) is 2.75. The van der Waals surface area contributed by atoms with Crippen LogP contribution < -0.4 is 10.6 Å². The van der Waals surface area contributed by atoms with Crippen LogP contribution in [0.2, 0.25) is 10.0 Å². The van der Waals surface area contributed by atoms with E-state index in [0.29, 0.717) is 16.9 Å². The van der Waals surface area contributed by atoms with Gasteiger partial charge in [-0.1, -0.05) is 47.5 Å². The molecule has 1 aromatic heterocycles. The number of nitrogens with zero attached hydrogens (tertiary/aromatic N) is 1. The Balaban J connectivity index is 1.65. The van der Waals surface area contributed by atoms with E-state index in [-0.39, 0.29) is 28.5 Å². The van der Waals surface area contributed by atoms with Crippen LogP contribution in [0.15, 0.2) is 60.9 Å². The van der Waals surface area contributed by atoms with E-state index in [0.717, 1.165) is 5.56 Å². The summed E-state index contributed by atoms with van der Waals surface area (Å²) in [5.74, 6) is -2.47. The molecule has 1 amide bonds. The molecule has 3 rings (SSSR count). The van der Waals surface area contributed by atoms with Crippen LogP contribution in [0.4, 0.5) is 11.4 Å². The van der Waals surface area contributed by atoms with Crippen molar-refractivity contribution in [2.75, 3.05) is 10.6 Å². The zero-order valence-corrected chi connectivity index (χ0v) is 18.6. The molecule has 0 fully saturated rings. The Hall–Kier alpha value is -3.62. The van der Waals surface area contributed by atoms with Crippen molar-refractivity contribution in [3.63, 3.8) is 0 Å². The zero-order chi connectivity index (χ0) is 24.0. The van der Waals surface area contributed by atoms with E-state index in [2.05, 4.69) is 15.6 Å². The van der Waals surface area contributed by atoms with Gasteiger partial charge in [0.2, 0.25) is 0 Å². The van der Waals surface area contributed by atoms with E-state index in [1.807, 2.05) is 0 Å². The quantitative estimate of drug-likeness (QED) is 0.352. The summed E-state index contributed by atoms with van der Waals surface area (Å²) in [6, 6.07) is 12.3. The van der Waals surface area contributed by atoms with Crippen molar-refractivity contribution in [2.24, 2.45) is 0 Å². The lowest BCUT2D eigenvalue weighted by atomic mass is 10.0. The number of carboxylic acid groups (broad SMARTS) is 2. The van der Waals surface area contributed by atoms with Crippen molar-refractivity contribution in [3.8, 4) is 0 Å². The predicted octanol–water partition coefficient (Wildman–Crippen LogP) is 4.38. The number of carbonyl (C=O) groups excluding carboxylic acids is 1. The number of benzene rings is 2. The molecule has 0 bridgehead atoms. The molecular weight excluding hydrogens is 469 g/mol. The van der Waals surface area contributed by atoms with Gasteiger partial charge < -0.3 is 20.8 Å². The van der Waals surface area contributed by atoms with Crippen molar-refractivity contribution in [1.29, 1.82) is 0 Å². The van der Waals surface area contributed by atoms with Crippen LogP contribution in [-0.2, 0) is 22.4 Å². The van der Waals surface area contributed by atoms with Crippen LogP contribution >= 0.6 is 23.2 Å². The number of rotatable bonds is 9. The summed E-state index contributed by atoms with van der Waals surface area (Å²) >= 11 is 12.0. The fourth-order valence-corrected chi connectivity index (χ4v) is 3.61. The maximum absolute atomic E-state index is 12.5. The fraction of sp³-hybridized carbons (Fsp3) is 0.130. The number of amides is 1. The van der Waals surface area contributed by atoms with Gasteiger partial charge in [-0.3, -0.25) is 14.6 Å².